The number of carbonyl (C=O) groups excluding carboxylic acids is 1. The van der Waals surface area contributed by atoms with Gasteiger partial charge in [0, 0.05) is 11.9 Å². The smallest absolute Gasteiger partial charge is 0.270 e. The summed E-state index contributed by atoms with van der Waals surface area (Å²) in [5, 5.41) is 8.78. The molecule has 3 aromatic rings. The average molecular weight is 297 g/mol. The molecule has 0 aliphatic heterocycles. The molecule has 1 amide bonds. The number of hydrogen-bond acceptors (Lipinski definition) is 4. The van der Waals surface area contributed by atoms with E-state index in [1.807, 2.05) is 29.6 Å². The van der Waals surface area contributed by atoms with Gasteiger partial charge in [-0.05, 0) is 40.3 Å². The van der Waals surface area contributed by atoms with Crippen LogP contribution >= 0.6 is 11.3 Å². The van der Waals surface area contributed by atoms with Gasteiger partial charge in [0.05, 0.1) is 0 Å². The van der Waals surface area contributed by atoms with Crippen LogP contribution < -0.4 is 11.1 Å². The van der Waals surface area contributed by atoms with Crippen LogP contribution in [0.5, 0.6) is 0 Å². The fourth-order valence-electron chi connectivity index (χ4n) is 2.19. The molecule has 3 N–H and O–H groups in total. The lowest BCUT2D eigenvalue weighted by atomic mass is 10.1. The fraction of sp³-hybridized carbons (Fsp3) is 0.125. The van der Waals surface area contributed by atoms with Crippen LogP contribution in [-0.2, 0) is 6.42 Å². The minimum absolute atomic E-state index is 0.192. The van der Waals surface area contributed by atoms with Crippen molar-refractivity contribution in [3.8, 4) is 0 Å². The van der Waals surface area contributed by atoms with Crippen molar-refractivity contribution in [2.75, 3.05) is 12.3 Å². The Morgan fingerprint density at radius 2 is 2.14 bits per heavy atom. The van der Waals surface area contributed by atoms with E-state index in [4.69, 9.17) is 5.73 Å². The van der Waals surface area contributed by atoms with Crippen LogP contribution in [0.25, 0.3) is 10.8 Å². The Balaban J connectivity index is 1.72. The molecule has 2 heterocycles. The summed E-state index contributed by atoms with van der Waals surface area (Å²) < 4.78 is 0. The number of pyridine rings is 1. The van der Waals surface area contributed by atoms with Crippen molar-refractivity contribution in [3.05, 3.63) is 58.4 Å². The minimum atomic E-state index is -0.192. The number of nitrogens with two attached hydrogens (primary N) is 1. The Bertz CT molecular complexity index is 768. The maximum Gasteiger partial charge on any atom is 0.270 e. The summed E-state index contributed by atoms with van der Waals surface area (Å²) in [5.41, 5.74) is 7.50. The van der Waals surface area contributed by atoms with Crippen molar-refractivity contribution in [2.24, 2.45) is 0 Å². The predicted octanol–water partition coefficient (Wildman–Crippen LogP) is 2.85. The van der Waals surface area contributed by atoms with E-state index < -0.39 is 0 Å². The molecular weight excluding hydrogens is 282 g/mol. The highest BCUT2D eigenvalue weighted by Gasteiger charge is 2.10. The van der Waals surface area contributed by atoms with Gasteiger partial charge >= 0.3 is 0 Å². The number of nitrogens with one attached hydrogen (secondary N) is 1. The second kappa shape index (κ2) is 5.93. The van der Waals surface area contributed by atoms with Gasteiger partial charge in [-0.15, -0.1) is 0 Å². The van der Waals surface area contributed by atoms with Crippen molar-refractivity contribution >= 4 is 33.8 Å². The number of aromatic nitrogens is 1. The van der Waals surface area contributed by atoms with Crippen molar-refractivity contribution in [1.29, 1.82) is 0 Å². The van der Waals surface area contributed by atoms with E-state index in [0.29, 0.717) is 18.1 Å². The molecule has 0 aliphatic rings. The second-order valence-corrected chi connectivity index (χ2v) is 5.53. The number of anilines is 1. The summed E-state index contributed by atoms with van der Waals surface area (Å²) in [6.07, 6.45) is 0.818. The van der Waals surface area contributed by atoms with E-state index in [1.54, 1.807) is 17.4 Å². The van der Waals surface area contributed by atoms with E-state index in [2.05, 4.69) is 21.7 Å². The number of benzene rings is 1. The van der Waals surface area contributed by atoms with Crippen molar-refractivity contribution < 1.29 is 4.79 Å². The Morgan fingerprint density at radius 1 is 1.29 bits per heavy atom. The molecule has 0 atom stereocenters. The number of nitrogen functional groups attached to an aromatic ring is 1. The molecule has 0 saturated carbocycles. The number of nitrogens with zero attached hydrogens (tertiary/aromatic N) is 1. The molecular formula is C16H15N3OS. The monoisotopic (exact) mass is 297 g/mol. The normalized spacial score (nSPS) is 10.7. The van der Waals surface area contributed by atoms with Crippen LogP contribution in [0.2, 0.25) is 0 Å². The van der Waals surface area contributed by atoms with Crippen LogP contribution in [0, 0.1) is 0 Å². The largest absolute Gasteiger partial charge is 0.383 e. The lowest BCUT2D eigenvalue weighted by Gasteiger charge is -2.07. The Kier molecular flexibility index (Phi) is 3.83. The van der Waals surface area contributed by atoms with Gasteiger partial charge in [-0.25, -0.2) is 4.98 Å². The molecule has 0 fully saturated rings. The highest BCUT2D eigenvalue weighted by atomic mass is 32.1. The lowest BCUT2D eigenvalue weighted by molar-refractivity contribution is 0.0949. The molecule has 2 aromatic heterocycles. The van der Waals surface area contributed by atoms with Crippen molar-refractivity contribution in [2.45, 2.75) is 6.42 Å². The molecule has 0 radical (unpaired) electrons. The molecule has 3 rings (SSSR count). The zero-order chi connectivity index (χ0) is 14.7. The van der Waals surface area contributed by atoms with Gasteiger partial charge < -0.3 is 11.1 Å². The summed E-state index contributed by atoms with van der Waals surface area (Å²) in [6.45, 7) is 0.587. The van der Waals surface area contributed by atoms with Gasteiger partial charge in [0.25, 0.3) is 5.91 Å². The van der Waals surface area contributed by atoms with E-state index in [-0.39, 0.29) is 5.91 Å². The van der Waals surface area contributed by atoms with Crippen molar-refractivity contribution in [1.82, 2.24) is 10.3 Å². The first-order valence-electron chi connectivity index (χ1n) is 6.68. The predicted molar refractivity (Wildman–Crippen MR) is 86.5 cm³/mol. The van der Waals surface area contributed by atoms with Crippen molar-refractivity contribution in [3.63, 3.8) is 0 Å². The quantitative estimate of drug-likeness (QED) is 0.778. The molecule has 0 aliphatic carbocycles. The summed E-state index contributed by atoms with van der Waals surface area (Å²) in [5.74, 6) is 0.193. The molecule has 5 heteroatoms. The van der Waals surface area contributed by atoms with Crippen LogP contribution in [0.3, 0.4) is 0 Å². The molecule has 0 unspecified atom stereocenters. The number of carbonyl (C=O) groups is 1. The van der Waals surface area contributed by atoms with Gasteiger partial charge in [0.2, 0.25) is 0 Å². The topological polar surface area (TPSA) is 68.0 Å². The molecule has 106 valence electrons. The first-order chi connectivity index (χ1) is 10.2. The van der Waals surface area contributed by atoms with Gasteiger partial charge in [0.1, 0.15) is 11.5 Å². The van der Waals surface area contributed by atoms with E-state index in [9.17, 15) is 4.79 Å². The molecule has 21 heavy (non-hydrogen) atoms. The van der Waals surface area contributed by atoms with Crippen LogP contribution in [0.1, 0.15) is 16.1 Å². The Labute approximate surface area is 126 Å². The second-order valence-electron chi connectivity index (χ2n) is 4.75. The third-order valence-electron chi connectivity index (χ3n) is 3.28. The molecule has 0 saturated heterocycles. The van der Waals surface area contributed by atoms with E-state index in [0.717, 1.165) is 17.2 Å². The van der Waals surface area contributed by atoms with Crippen LogP contribution in [0.15, 0.2) is 47.2 Å². The maximum atomic E-state index is 12.1. The summed E-state index contributed by atoms with van der Waals surface area (Å²) in [7, 11) is 0. The Hall–Kier alpha value is -2.40. The van der Waals surface area contributed by atoms with E-state index >= 15 is 0 Å². The van der Waals surface area contributed by atoms with Gasteiger partial charge in [-0.3, -0.25) is 4.79 Å². The van der Waals surface area contributed by atoms with Gasteiger partial charge in [0.15, 0.2) is 0 Å². The maximum absolute atomic E-state index is 12.1. The average Bonchev–Trinajstić information content (AvgIpc) is 3.00. The van der Waals surface area contributed by atoms with Crippen LogP contribution in [0.4, 0.5) is 5.82 Å². The highest BCUT2D eigenvalue weighted by molar-refractivity contribution is 7.07. The highest BCUT2D eigenvalue weighted by Crippen LogP contribution is 2.19. The number of hydrogen-bond donors (Lipinski definition) is 2. The number of rotatable bonds is 4. The molecule has 1 aromatic carbocycles. The first kappa shape index (κ1) is 13.6. The number of amides is 1. The standard InChI is InChI=1S/C16H15N3OS/c17-15-13-4-2-1-3-12(13)9-14(19-15)16(20)18-7-5-11-6-8-21-10-11/h1-4,6,8-10H,5,7H2,(H2,17,19)(H,18,20). The molecule has 0 bridgehead atoms. The van der Waals surface area contributed by atoms with E-state index in [1.165, 1.54) is 5.56 Å². The zero-order valence-corrected chi connectivity index (χ0v) is 12.2. The third kappa shape index (κ3) is 3.03. The zero-order valence-electron chi connectivity index (χ0n) is 11.4. The summed E-state index contributed by atoms with van der Waals surface area (Å²) in [6, 6.07) is 11.5. The SMILES string of the molecule is Nc1nc(C(=O)NCCc2ccsc2)cc2ccccc12. The number of fused-ring (bicyclic) bond motifs is 1. The minimum Gasteiger partial charge on any atom is -0.383 e. The summed E-state index contributed by atoms with van der Waals surface area (Å²) in [4.78, 5) is 16.3. The lowest BCUT2D eigenvalue weighted by Crippen LogP contribution is -2.26. The first-order valence-corrected chi connectivity index (χ1v) is 7.63. The molecule has 4 nitrogen and oxygen atoms in total. The third-order valence-corrected chi connectivity index (χ3v) is 4.01. The summed E-state index contributed by atoms with van der Waals surface area (Å²) >= 11 is 1.66. The molecule has 0 spiro atoms. The van der Waals surface area contributed by atoms with Gasteiger partial charge in [-0.1, -0.05) is 24.3 Å². The Morgan fingerprint density at radius 3 is 2.95 bits per heavy atom. The van der Waals surface area contributed by atoms with Gasteiger partial charge in [-0.2, -0.15) is 11.3 Å². The fourth-order valence-corrected chi connectivity index (χ4v) is 2.89. The van der Waals surface area contributed by atoms with Crippen LogP contribution in [-0.4, -0.2) is 17.4 Å². The number of thiophene rings is 1.